The molecule has 1 rings (SSSR count). The normalized spacial score (nSPS) is 15.0. The van der Waals surface area contributed by atoms with Crippen molar-refractivity contribution in [1.82, 2.24) is 10.6 Å². The van der Waals surface area contributed by atoms with Gasteiger partial charge in [-0.2, -0.15) is 11.8 Å². The molecule has 0 radical (unpaired) electrons. The predicted molar refractivity (Wildman–Crippen MR) is 99.4 cm³/mol. The molecule has 1 unspecified atom stereocenters. The highest BCUT2D eigenvalue weighted by Gasteiger charge is 2.22. The fourth-order valence-electron chi connectivity index (χ4n) is 2.34. The van der Waals surface area contributed by atoms with Crippen LogP contribution in [0.4, 0.5) is 4.79 Å². The van der Waals surface area contributed by atoms with Crippen molar-refractivity contribution in [2.24, 2.45) is 5.73 Å². The molecule has 0 spiro atoms. The van der Waals surface area contributed by atoms with E-state index < -0.39 is 12.0 Å². The minimum Gasteiger partial charge on any atom is -0.480 e. The molecular weight excluding hydrogens is 326 g/mol. The van der Waals surface area contributed by atoms with Gasteiger partial charge in [-0.05, 0) is 31.4 Å². The molecule has 0 aromatic rings. The minimum atomic E-state index is -0.916. The molecule has 0 saturated heterocycles. The maximum Gasteiger partial charge on any atom is 0.321 e. The molecule has 6 nitrogen and oxygen atoms in total. The lowest BCUT2D eigenvalue weighted by molar-refractivity contribution is -0.137. The Kier molecular flexibility index (Phi) is 11.7. The first-order chi connectivity index (χ1) is 11.6. The van der Waals surface area contributed by atoms with Crippen LogP contribution in [0.2, 0.25) is 0 Å². The number of urea groups is 1. The number of carboxylic acid groups (broad SMARTS) is 1. The molecule has 0 aromatic heterocycles. The fourth-order valence-corrected chi connectivity index (χ4v) is 3.31. The van der Waals surface area contributed by atoms with E-state index >= 15 is 0 Å². The highest BCUT2D eigenvalue weighted by Crippen LogP contribution is 2.18. The monoisotopic (exact) mass is 359 g/mol. The molecule has 1 fully saturated rings. The van der Waals surface area contributed by atoms with Crippen molar-refractivity contribution in [2.45, 2.75) is 76.3 Å². The summed E-state index contributed by atoms with van der Waals surface area (Å²) in [6, 6.07) is -0.318. The molecule has 1 aliphatic carbocycles. The van der Waals surface area contributed by atoms with Crippen LogP contribution in [0.1, 0.15) is 64.2 Å². The van der Waals surface area contributed by atoms with E-state index in [1.807, 2.05) is 0 Å². The summed E-state index contributed by atoms with van der Waals surface area (Å²) < 4.78 is 0. The van der Waals surface area contributed by atoms with Crippen LogP contribution >= 0.6 is 11.8 Å². The molecule has 1 saturated carbocycles. The number of nitrogens with one attached hydrogen (secondary N) is 2. The zero-order valence-corrected chi connectivity index (χ0v) is 15.4. The lowest BCUT2D eigenvalue weighted by atomic mass is 10.1. The van der Waals surface area contributed by atoms with E-state index in [9.17, 15) is 9.59 Å². The summed E-state index contributed by atoms with van der Waals surface area (Å²) in [6.45, 7) is 0.772. The Balaban J connectivity index is 1.71. The van der Waals surface area contributed by atoms with Crippen molar-refractivity contribution in [3.8, 4) is 0 Å². The molecule has 1 atom stereocenters. The molecule has 140 valence electrons. The lowest BCUT2D eigenvalue weighted by Crippen LogP contribution is -2.37. The van der Waals surface area contributed by atoms with Gasteiger partial charge in [0, 0.05) is 18.3 Å². The molecule has 1 aliphatic rings. The average Bonchev–Trinajstić information content (AvgIpc) is 3.35. The molecular formula is C17H33N3O3S. The Morgan fingerprint density at radius 2 is 1.62 bits per heavy atom. The minimum absolute atomic E-state index is 0.0142. The van der Waals surface area contributed by atoms with Crippen molar-refractivity contribution >= 4 is 23.8 Å². The van der Waals surface area contributed by atoms with Crippen LogP contribution in [0.15, 0.2) is 0 Å². The molecule has 0 bridgehead atoms. The van der Waals surface area contributed by atoms with E-state index in [2.05, 4.69) is 10.6 Å². The van der Waals surface area contributed by atoms with Crippen LogP contribution in [-0.4, -0.2) is 47.2 Å². The third-order valence-electron chi connectivity index (χ3n) is 4.03. The first-order valence-corrected chi connectivity index (χ1v) is 10.4. The molecule has 0 heterocycles. The molecule has 24 heavy (non-hydrogen) atoms. The number of carbonyl (C=O) groups is 2. The Hall–Kier alpha value is -0.950. The van der Waals surface area contributed by atoms with Gasteiger partial charge in [0.1, 0.15) is 6.04 Å². The van der Waals surface area contributed by atoms with Gasteiger partial charge < -0.3 is 21.5 Å². The summed E-state index contributed by atoms with van der Waals surface area (Å²) in [5, 5.41) is 14.5. The Labute approximate surface area is 149 Å². The standard InChI is InChI=1S/C17H33N3O3S/c18-15(16(21)22)13-24-12-8-6-4-2-1-3-5-7-11-19-17(23)20-14-9-10-14/h14-15H,1-13,18H2,(H,21,22)(H2,19,20,23). The lowest BCUT2D eigenvalue weighted by Gasteiger charge is -2.07. The van der Waals surface area contributed by atoms with Crippen molar-refractivity contribution in [3.63, 3.8) is 0 Å². The average molecular weight is 360 g/mol. The summed E-state index contributed by atoms with van der Waals surface area (Å²) in [4.78, 5) is 21.9. The van der Waals surface area contributed by atoms with E-state index in [1.165, 1.54) is 38.5 Å². The number of aliphatic carboxylic acids is 1. The number of carbonyl (C=O) groups excluding carboxylic acids is 1. The fraction of sp³-hybridized carbons (Fsp3) is 0.882. The molecule has 5 N–H and O–H groups in total. The van der Waals surface area contributed by atoms with Crippen molar-refractivity contribution in [2.75, 3.05) is 18.1 Å². The zero-order valence-electron chi connectivity index (χ0n) is 14.6. The maximum atomic E-state index is 11.4. The molecule has 2 amide bonds. The van der Waals surface area contributed by atoms with E-state index in [1.54, 1.807) is 11.8 Å². The maximum absolute atomic E-state index is 11.4. The smallest absolute Gasteiger partial charge is 0.321 e. The summed E-state index contributed by atoms with van der Waals surface area (Å²) in [5.41, 5.74) is 5.44. The highest BCUT2D eigenvalue weighted by atomic mass is 32.2. The SMILES string of the molecule is NC(CSCCCCCCCCCCNC(=O)NC1CC1)C(=O)O. The van der Waals surface area contributed by atoms with Gasteiger partial charge in [-0.15, -0.1) is 0 Å². The van der Waals surface area contributed by atoms with Crippen molar-refractivity contribution in [1.29, 1.82) is 0 Å². The molecule has 7 heteroatoms. The van der Waals surface area contributed by atoms with E-state index in [-0.39, 0.29) is 6.03 Å². The Morgan fingerprint density at radius 1 is 1.04 bits per heavy atom. The Morgan fingerprint density at radius 3 is 2.21 bits per heavy atom. The highest BCUT2D eigenvalue weighted by molar-refractivity contribution is 7.99. The number of thioether (sulfide) groups is 1. The number of rotatable bonds is 15. The number of hydrogen-bond acceptors (Lipinski definition) is 4. The molecule has 0 aromatic carbocycles. The zero-order chi connectivity index (χ0) is 17.6. The third-order valence-corrected chi connectivity index (χ3v) is 5.20. The largest absolute Gasteiger partial charge is 0.480 e. The van der Waals surface area contributed by atoms with Crippen molar-refractivity contribution in [3.05, 3.63) is 0 Å². The van der Waals surface area contributed by atoms with E-state index in [4.69, 9.17) is 10.8 Å². The second kappa shape index (κ2) is 13.4. The van der Waals surface area contributed by atoms with Gasteiger partial charge in [0.25, 0.3) is 0 Å². The van der Waals surface area contributed by atoms with Crippen molar-refractivity contribution < 1.29 is 14.7 Å². The quantitative estimate of drug-likeness (QED) is 0.337. The second-order valence-electron chi connectivity index (χ2n) is 6.52. The van der Waals surface area contributed by atoms with Crippen LogP contribution in [0, 0.1) is 0 Å². The number of nitrogens with two attached hydrogens (primary N) is 1. The van der Waals surface area contributed by atoms with Gasteiger partial charge in [-0.1, -0.05) is 38.5 Å². The third kappa shape index (κ3) is 12.5. The van der Waals surface area contributed by atoms with Gasteiger partial charge in [-0.25, -0.2) is 4.79 Å². The second-order valence-corrected chi connectivity index (χ2v) is 7.67. The topological polar surface area (TPSA) is 104 Å². The first-order valence-electron chi connectivity index (χ1n) is 9.20. The van der Waals surface area contributed by atoms with Crippen LogP contribution in [0.3, 0.4) is 0 Å². The predicted octanol–water partition coefficient (Wildman–Crippen LogP) is 2.71. The van der Waals surface area contributed by atoms with Gasteiger partial charge in [0.2, 0.25) is 0 Å². The summed E-state index contributed by atoms with van der Waals surface area (Å²) in [7, 11) is 0. The van der Waals surface area contributed by atoms with Gasteiger partial charge in [-0.3, -0.25) is 4.79 Å². The van der Waals surface area contributed by atoms with Crippen LogP contribution in [0.25, 0.3) is 0 Å². The van der Waals surface area contributed by atoms with Gasteiger partial charge in [0.15, 0.2) is 0 Å². The van der Waals surface area contributed by atoms with E-state index in [0.717, 1.165) is 38.0 Å². The summed E-state index contributed by atoms with van der Waals surface area (Å²) in [5.74, 6) is 0.582. The summed E-state index contributed by atoms with van der Waals surface area (Å²) in [6.07, 6.45) is 11.8. The van der Waals surface area contributed by atoms with Gasteiger partial charge in [0.05, 0.1) is 0 Å². The number of amides is 2. The Bertz CT molecular complexity index is 365. The first kappa shape index (κ1) is 21.1. The number of hydrogen-bond donors (Lipinski definition) is 4. The van der Waals surface area contributed by atoms with Crippen LogP contribution < -0.4 is 16.4 Å². The van der Waals surface area contributed by atoms with Crippen LogP contribution in [0.5, 0.6) is 0 Å². The summed E-state index contributed by atoms with van der Waals surface area (Å²) >= 11 is 1.63. The van der Waals surface area contributed by atoms with Gasteiger partial charge >= 0.3 is 12.0 Å². The van der Waals surface area contributed by atoms with E-state index in [0.29, 0.717) is 11.8 Å². The number of unbranched alkanes of at least 4 members (excludes halogenated alkanes) is 7. The van der Waals surface area contributed by atoms with Crippen LogP contribution in [-0.2, 0) is 4.79 Å². The number of carboxylic acids is 1. The molecule has 0 aliphatic heterocycles.